The molecule has 0 fully saturated rings. The number of carboxylic acid groups (broad SMARTS) is 1. The smallest absolute Gasteiger partial charge is 0.410 e. The molecule has 0 saturated carbocycles. The third-order valence-electron chi connectivity index (χ3n) is 5.24. The zero-order valence-electron chi connectivity index (χ0n) is 16.7. The van der Waals surface area contributed by atoms with Crippen LogP contribution in [0.5, 0.6) is 0 Å². The second kappa shape index (κ2) is 8.34. The molecule has 0 spiro atoms. The lowest BCUT2D eigenvalue weighted by atomic mass is 9.98. The Morgan fingerprint density at radius 2 is 1.48 bits per heavy atom. The first-order valence-corrected chi connectivity index (χ1v) is 9.32. The van der Waals surface area contributed by atoms with Crippen molar-refractivity contribution >= 4 is 18.0 Å². The summed E-state index contributed by atoms with van der Waals surface area (Å²) in [5.41, 5.74) is 4.36. The van der Waals surface area contributed by atoms with Crippen LogP contribution in [0.3, 0.4) is 0 Å². The Morgan fingerprint density at radius 1 is 0.966 bits per heavy atom. The Hall–Kier alpha value is -3.35. The summed E-state index contributed by atoms with van der Waals surface area (Å²) in [6.45, 7) is 0.0885. The van der Waals surface area contributed by atoms with Crippen LogP contribution in [-0.2, 0) is 14.3 Å². The molecule has 0 bridgehead atoms. The van der Waals surface area contributed by atoms with Crippen LogP contribution >= 0.6 is 0 Å². The molecule has 1 aliphatic carbocycles. The maximum atomic E-state index is 12.5. The quantitative estimate of drug-likeness (QED) is 0.811. The zero-order valence-corrected chi connectivity index (χ0v) is 16.7. The van der Waals surface area contributed by atoms with E-state index in [1.807, 2.05) is 48.5 Å². The van der Waals surface area contributed by atoms with E-state index >= 15 is 0 Å². The van der Waals surface area contributed by atoms with Crippen LogP contribution in [0, 0.1) is 0 Å². The van der Waals surface area contributed by atoms with Gasteiger partial charge >= 0.3 is 12.1 Å². The molecule has 2 amide bonds. The number of carbonyl (C=O) groups excluding carboxylic acids is 2. The van der Waals surface area contributed by atoms with Crippen molar-refractivity contribution in [2.75, 3.05) is 27.7 Å². The molecule has 29 heavy (non-hydrogen) atoms. The molecule has 7 nitrogen and oxygen atoms in total. The summed E-state index contributed by atoms with van der Waals surface area (Å²) in [5.74, 6) is -1.75. The van der Waals surface area contributed by atoms with Gasteiger partial charge in [-0.25, -0.2) is 9.59 Å². The molecule has 0 heterocycles. The highest BCUT2D eigenvalue weighted by Gasteiger charge is 2.33. The fourth-order valence-electron chi connectivity index (χ4n) is 3.56. The molecule has 0 unspecified atom stereocenters. The minimum Gasteiger partial charge on any atom is -0.480 e. The number of nitrogens with zero attached hydrogens (tertiary/aromatic N) is 2. The van der Waals surface area contributed by atoms with E-state index in [1.54, 1.807) is 0 Å². The van der Waals surface area contributed by atoms with Crippen LogP contribution in [0.25, 0.3) is 11.1 Å². The van der Waals surface area contributed by atoms with Gasteiger partial charge in [-0.3, -0.25) is 9.69 Å². The third kappa shape index (κ3) is 4.08. The fraction of sp³-hybridized carbons (Fsp3) is 0.318. The normalized spacial score (nSPS) is 13.2. The first-order valence-electron chi connectivity index (χ1n) is 9.32. The fourth-order valence-corrected chi connectivity index (χ4v) is 3.56. The van der Waals surface area contributed by atoms with Gasteiger partial charge in [-0.2, -0.15) is 0 Å². The van der Waals surface area contributed by atoms with Crippen molar-refractivity contribution in [2.24, 2.45) is 0 Å². The number of benzene rings is 2. The summed E-state index contributed by atoms with van der Waals surface area (Å²) < 4.78 is 5.47. The van der Waals surface area contributed by atoms with Gasteiger partial charge in [0.2, 0.25) is 5.91 Å². The average Bonchev–Trinajstić information content (AvgIpc) is 3.03. The highest BCUT2D eigenvalue weighted by atomic mass is 16.6. The van der Waals surface area contributed by atoms with E-state index < -0.39 is 18.1 Å². The topological polar surface area (TPSA) is 87.2 Å². The van der Waals surface area contributed by atoms with Crippen LogP contribution in [0.2, 0.25) is 0 Å². The SMILES string of the molecule is CN(C)C(=O)C[C@@H](C(=O)O)N(C)C(=O)OCC1c2ccccc2-c2ccccc21. The minimum atomic E-state index is -1.29. The van der Waals surface area contributed by atoms with Crippen molar-refractivity contribution in [1.82, 2.24) is 9.80 Å². The van der Waals surface area contributed by atoms with Gasteiger partial charge in [0.1, 0.15) is 12.6 Å². The summed E-state index contributed by atoms with van der Waals surface area (Å²) in [4.78, 5) is 38.3. The van der Waals surface area contributed by atoms with Crippen molar-refractivity contribution in [3.63, 3.8) is 0 Å². The van der Waals surface area contributed by atoms with Crippen molar-refractivity contribution in [3.8, 4) is 11.1 Å². The summed E-state index contributed by atoms with van der Waals surface area (Å²) >= 11 is 0. The van der Waals surface area contributed by atoms with Crippen molar-refractivity contribution in [1.29, 1.82) is 0 Å². The molecular formula is C22H24N2O5. The number of carbonyl (C=O) groups is 3. The van der Waals surface area contributed by atoms with Crippen LogP contribution in [0.1, 0.15) is 23.5 Å². The van der Waals surface area contributed by atoms with E-state index in [-0.39, 0.29) is 24.9 Å². The predicted molar refractivity (Wildman–Crippen MR) is 108 cm³/mol. The number of likely N-dealkylation sites (N-methyl/N-ethyl adjacent to an activating group) is 1. The Balaban J connectivity index is 1.73. The number of ether oxygens (including phenoxy) is 1. The predicted octanol–water partition coefficient (Wildman–Crippen LogP) is 2.80. The first kappa shape index (κ1) is 20.4. The number of amides is 2. The van der Waals surface area contributed by atoms with E-state index in [9.17, 15) is 19.5 Å². The molecule has 2 aromatic carbocycles. The summed E-state index contributed by atoms with van der Waals surface area (Å²) in [7, 11) is 4.41. The van der Waals surface area contributed by atoms with Gasteiger partial charge < -0.3 is 14.7 Å². The minimum absolute atomic E-state index is 0.0885. The number of hydrogen-bond donors (Lipinski definition) is 1. The van der Waals surface area contributed by atoms with Crippen LogP contribution in [0.4, 0.5) is 4.79 Å². The first-order chi connectivity index (χ1) is 13.8. The van der Waals surface area contributed by atoms with Crippen LogP contribution in [-0.4, -0.2) is 66.7 Å². The molecule has 0 aliphatic heterocycles. The van der Waals surface area contributed by atoms with E-state index in [0.29, 0.717) is 0 Å². The molecule has 7 heteroatoms. The maximum absolute atomic E-state index is 12.5. The number of rotatable bonds is 6. The van der Waals surface area contributed by atoms with E-state index in [0.717, 1.165) is 27.2 Å². The van der Waals surface area contributed by atoms with Crippen LogP contribution < -0.4 is 0 Å². The maximum Gasteiger partial charge on any atom is 0.410 e. The summed E-state index contributed by atoms with van der Waals surface area (Å²) in [6.07, 6.45) is -1.09. The van der Waals surface area contributed by atoms with Gasteiger partial charge in [0.15, 0.2) is 0 Å². The second-order valence-electron chi connectivity index (χ2n) is 7.26. The van der Waals surface area contributed by atoms with Gasteiger partial charge in [-0.05, 0) is 22.3 Å². The summed E-state index contributed by atoms with van der Waals surface area (Å²) in [6, 6.07) is 14.6. The number of hydrogen-bond acceptors (Lipinski definition) is 4. The molecule has 0 saturated heterocycles. The molecule has 3 rings (SSSR count). The Labute approximate surface area is 169 Å². The molecule has 0 radical (unpaired) electrons. The van der Waals surface area contributed by atoms with Crippen molar-refractivity contribution < 1.29 is 24.2 Å². The van der Waals surface area contributed by atoms with Gasteiger partial charge in [-0.15, -0.1) is 0 Å². The molecule has 1 atom stereocenters. The van der Waals surface area contributed by atoms with Gasteiger partial charge in [0.25, 0.3) is 0 Å². The van der Waals surface area contributed by atoms with Crippen molar-refractivity contribution in [3.05, 3.63) is 59.7 Å². The number of fused-ring (bicyclic) bond motifs is 3. The lowest BCUT2D eigenvalue weighted by molar-refractivity contribution is -0.145. The van der Waals surface area contributed by atoms with E-state index in [4.69, 9.17) is 4.74 Å². The lowest BCUT2D eigenvalue weighted by Crippen LogP contribution is -2.45. The monoisotopic (exact) mass is 396 g/mol. The molecular weight excluding hydrogens is 372 g/mol. The van der Waals surface area contributed by atoms with E-state index in [2.05, 4.69) is 0 Å². The second-order valence-corrected chi connectivity index (χ2v) is 7.26. The molecule has 152 valence electrons. The third-order valence-corrected chi connectivity index (χ3v) is 5.24. The van der Waals surface area contributed by atoms with E-state index in [1.165, 1.54) is 26.0 Å². The molecule has 0 aromatic heterocycles. The molecule has 1 aliphatic rings. The number of aliphatic carboxylic acids is 1. The Bertz CT molecular complexity index is 895. The Kier molecular flexibility index (Phi) is 5.87. The summed E-state index contributed by atoms with van der Waals surface area (Å²) in [5, 5.41) is 9.44. The van der Waals surface area contributed by atoms with Gasteiger partial charge in [0.05, 0.1) is 6.42 Å². The van der Waals surface area contributed by atoms with Crippen LogP contribution in [0.15, 0.2) is 48.5 Å². The average molecular weight is 396 g/mol. The molecule has 2 aromatic rings. The lowest BCUT2D eigenvalue weighted by Gasteiger charge is -2.25. The largest absolute Gasteiger partial charge is 0.480 e. The van der Waals surface area contributed by atoms with Gasteiger partial charge in [0, 0.05) is 27.1 Å². The standard InChI is InChI=1S/C22H24N2O5/c1-23(2)20(25)12-19(21(26)27)24(3)22(28)29-13-18-16-10-6-4-8-14(16)15-9-5-7-11-17(15)18/h4-11,18-19H,12-13H2,1-3H3,(H,26,27)/t19-/m0/s1. The highest BCUT2D eigenvalue weighted by Crippen LogP contribution is 2.44. The molecule has 1 N–H and O–H groups in total. The number of carboxylic acids is 1. The van der Waals surface area contributed by atoms with Crippen molar-refractivity contribution in [2.45, 2.75) is 18.4 Å². The highest BCUT2D eigenvalue weighted by molar-refractivity contribution is 5.87. The van der Waals surface area contributed by atoms with Gasteiger partial charge in [-0.1, -0.05) is 48.5 Å². The Morgan fingerprint density at radius 3 is 1.97 bits per heavy atom. The zero-order chi connectivity index (χ0) is 21.1.